The van der Waals surface area contributed by atoms with E-state index in [9.17, 15) is 0 Å². The van der Waals surface area contributed by atoms with Crippen LogP contribution in [0, 0.1) is 0 Å². The zero-order valence-corrected chi connectivity index (χ0v) is 10.7. The summed E-state index contributed by atoms with van der Waals surface area (Å²) in [4.78, 5) is 0. The van der Waals surface area contributed by atoms with Gasteiger partial charge in [0.15, 0.2) is 0 Å². The summed E-state index contributed by atoms with van der Waals surface area (Å²) < 4.78 is 0. The number of benzene rings is 2. The highest BCUT2D eigenvalue weighted by molar-refractivity contribution is 5.81. The van der Waals surface area contributed by atoms with Gasteiger partial charge in [-0.1, -0.05) is 43.0 Å². The fourth-order valence-electron chi connectivity index (χ4n) is 1.77. The SMILES string of the molecule is C=C=C(Nc1ccccc1N)c1ccc(CN)cc1. The van der Waals surface area contributed by atoms with Gasteiger partial charge >= 0.3 is 0 Å². The predicted octanol–water partition coefficient (Wildman–Crippen LogP) is 2.97. The molecule has 0 saturated carbocycles. The second-order valence-electron chi connectivity index (χ2n) is 4.17. The van der Waals surface area contributed by atoms with Crippen LogP contribution in [0.4, 0.5) is 11.4 Å². The molecule has 0 aliphatic heterocycles. The molecule has 2 rings (SSSR count). The maximum atomic E-state index is 5.91. The molecule has 0 heterocycles. The molecule has 0 amide bonds. The van der Waals surface area contributed by atoms with E-state index >= 15 is 0 Å². The van der Waals surface area contributed by atoms with Gasteiger partial charge in [-0.25, -0.2) is 0 Å². The van der Waals surface area contributed by atoms with E-state index in [-0.39, 0.29) is 0 Å². The zero-order valence-electron chi connectivity index (χ0n) is 10.7. The molecule has 96 valence electrons. The topological polar surface area (TPSA) is 64.1 Å². The van der Waals surface area contributed by atoms with Crippen molar-refractivity contribution in [1.82, 2.24) is 0 Å². The lowest BCUT2D eigenvalue weighted by Gasteiger charge is -2.11. The largest absolute Gasteiger partial charge is 0.397 e. The Kier molecular flexibility index (Phi) is 4.04. The Hall–Kier alpha value is -2.48. The van der Waals surface area contributed by atoms with Crippen molar-refractivity contribution >= 4 is 17.1 Å². The van der Waals surface area contributed by atoms with Gasteiger partial charge in [0.25, 0.3) is 0 Å². The fourth-order valence-corrected chi connectivity index (χ4v) is 1.77. The van der Waals surface area contributed by atoms with Crippen molar-refractivity contribution in [2.24, 2.45) is 5.73 Å². The second kappa shape index (κ2) is 5.91. The lowest BCUT2D eigenvalue weighted by molar-refractivity contribution is 1.07. The van der Waals surface area contributed by atoms with Crippen LogP contribution >= 0.6 is 0 Å². The zero-order chi connectivity index (χ0) is 13.7. The molecule has 5 N–H and O–H groups in total. The summed E-state index contributed by atoms with van der Waals surface area (Å²) in [5.74, 6) is 0. The number of hydrogen-bond donors (Lipinski definition) is 3. The first-order valence-corrected chi connectivity index (χ1v) is 6.05. The maximum absolute atomic E-state index is 5.91. The summed E-state index contributed by atoms with van der Waals surface area (Å²) in [5, 5.41) is 3.24. The van der Waals surface area contributed by atoms with E-state index in [4.69, 9.17) is 11.5 Å². The van der Waals surface area contributed by atoms with Crippen molar-refractivity contribution in [3.05, 3.63) is 72.0 Å². The quantitative estimate of drug-likeness (QED) is 0.578. The third-order valence-electron chi connectivity index (χ3n) is 2.88. The second-order valence-corrected chi connectivity index (χ2v) is 4.17. The molecule has 0 saturated heterocycles. The minimum absolute atomic E-state index is 0.534. The smallest absolute Gasteiger partial charge is 0.0885 e. The molecule has 0 atom stereocenters. The molecule has 0 radical (unpaired) electrons. The van der Waals surface area contributed by atoms with E-state index in [0.29, 0.717) is 12.2 Å². The number of nitrogens with two attached hydrogens (primary N) is 2. The molecule has 2 aromatic rings. The summed E-state index contributed by atoms with van der Waals surface area (Å²) in [6, 6.07) is 15.5. The molecular formula is C16H17N3. The number of hydrogen-bond acceptors (Lipinski definition) is 3. The normalized spacial score (nSPS) is 9.74. The van der Waals surface area contributed by atoms with Crippen LogP contribution in [-0.4, -0.2) is 0 Å². The molecule has 3 heteroatoms. The van der Waals surface area contributed by atoms with Gasteiger partial charge in [-0.2, -0.15) is 0 Å². The van der Waals surface area contributed by atoms with Gasteiger partial charge in [0.05, 0.1) is 17.1 Å². The van der Waals surface area contributed by atoms with Crippen LogP contribution in [0.5, 0.6) is 0 Å². The number of para-hydroxylation sites is 2. The minimum Gasteiger partial charge on any atom is -0.397 e. The van der Waals surface area contributed by atoms with Crippen LogP contribution in [0.1, 0.15) is 11.1 Å². The summed E-state index contributed by atoms with van der Waals surface area (Å²) in [6.45, 7) is 4.25. The first-order valence-electron chi connectivity index (χ1n) is 6.05. The van der Waals surface area contributed by atoms with E-state index in [1.54, 1.807) is 0 Å². The molecule has 0 spiro atoms. The third kappa shape index (κ3) is 3.05. The van der Waals surface area contributed by atoms with Crippen molar-refractivity contribution in [1.29, 1.82) is 0 Å². The van der Waals surface area contributed by atoms with Gasteiger partial charge in [-0.15, -0.1) is 5.73 Å². The Morgan fingerprint density at radius 1 is 1.11 bits per heavy atom. The summed E-state index contributed by atoms with van der Waals surface area (Å²) in [5.41, 5.74) is 18.8. The van der Waals surface area contributed by atoms with Crippen molar-refractivity contribution in [3.63, 3.8) is 0 Å². The lowest BCUT2D eigenvalue weighted by Crippen LogP contribution is -2.02. The van der Waals surface area contributed by atoms with E-state index in [1.807, 2.05) is 48.5 Å². The Labute approximate surface area is 113 Å². The standard InChI is InChI=1S/C16H17N3/c1-2-15(13-9-7-12(11-17)8-10-13)19-16-6-4-3-5-14(16)18/h3-10,19H,1,11,17-18H2. The van der Waals surface area contributed by atoms with E-state index in [2.05, 4.69) is 17.6 Å². The Balaban J connectivity index is 2.26. The number of anilines is 2. The third-order valence-corrected chi connectivity index (χ3v) is 2.88. The summed E-state index contributed by atoms with van der Waals surface area (Å²) in [7, 11) is 0. The van der Waals surface area contributed by atoms with Crippen LogP contribution < -0.4 is 16.8 Å². The van der Waals surface area contributed by atoms with Crippen molar-refractivity contribution < 1.29 is 0 Å². The predicted molar refractivity (Wildman–Crippen MR) is 81.4 cm³/mol. The Morgan fingerprint density at radius 2 is 1.79 bits per heavy atom. The first kappa shape index (κ1) is 13.0. The lowest BCUT2D eigenvalue weighted by atomic mass is 10.1. The molecule has 2 aromatic carbocycles. The molecule has 0 fully saturated rings. The van der Waals surface area contributed by atoms with Crippen LogP contribution in [0.25, 0.3) is 5.70 Å². The van der Waals surface area contributed by atoms with Crippen LogP contribution in [0.15, 0.2) is 60.8 Å². The van der Waals surface area contributed by atoms with Crippen LogP contribution in [-0.2, 0) is 6.54 Å². The van der Waals surface area contributed by atoms with Crippen molar-refractivity contribution in [2.45, 2.75) is 6.54 Å². The van der Waals surface area contributed by atoms with E-state index < -0.39 is 0 Å². The monoisotopic (exact) mass is 251 g/mol. The summed E-state index contributed by atoms with van der Waals surface area (Å²) in [6.07, 6.45) is 0. The molecule has 3 nitrogen and oxygen atoms in total. The Morgan fingerprint density at radius 3 is 2.37 bits per heavy atom. The van der Waals surface area contributed by atoms with E-state index in [1.165, 1.54) is 0 Å². The molecule has 0 aromatic heterocycles. The summed E-state index contributed by atoms with van der Waals surface area (Å²) >= 11 is 0. The number of nitrogens with one attached hydrogen (secondary N) is 1. The molecule has 0 bridgehead atoms. The van der Waals surface area contributed by atoms with Gasteiger partial charge in [0.1, 0.15) is 0 Å². The Bertz CT molecular complexity index is 608. The van der Waals surface area contributed by atoms with Crippen molar-refractivity contribution in [2.75, 3.05) is 11.1 Å². The molecular weight excluding hydrogens is 234 g/mol. The molecule has 19 heavy (non-hydrogen) atoms. The highest BCUT2D eigenvalue weighted by Crippen LogP contribution is 2.22. The average Bonchev–Trinajstić information content (AvgIpc) is 2.47. The van der Waals surface area contributed by atoms with Gasteiger partial charge in [0.2, 0.25) is 0 Å². The first-order chi connectivity index (χ1) is 9.24. The van der Waals surface area contributed by atoms with Gasteiger partial charge in [0, 0.05) is 12.1 Å². The van der Waals surface area contributed by atoms with Crippen LogP contribution in [0.2, 0.25) is 0 Å². The van der Waals surface area contributed by atoms with Crippen molar-refractivity contribution in [3.8, 4) is 0 Å². The van der Waals surface area contributed by atoms with Gasteiger partial charge in [-0.3, -0.25) is 0 Å². The number of rotatable bonds is 4. The average molecular weight is 251 g/mol. The highest BCUT2D eigenvalue weighted by atomic mass is 14.9. The van der Waals surface area contributed by atoms with E-state index in [0.717, 1.165) is 22.5 Å². The molecule has 0 aliphatic rings. The van der Waals surface area contributed by atoms with Gasteiger partial charge < -0.3 is 16.8 Å². The van der Waals surface area contributed by atoms with Crippen LogP contribution in [0.3, 0.4) is 0 Å². The number of nitrogen functional groups attached to an aromatic ring is 1. The molecule has 0 unspecified atom stereocenters. The highest BCUT2D eigenvalue weighted by Gasteiger charge is 2.03. The minimum atomic E-state index is 0.534. The van der Waals surface area contributed by atoms with Gasteiger partial charge in [-0.05, 0) is 17.7 Å². The molecule has 0 aliphatic carbocycles. The fraction of sp³-hybridized carbons (Fsp3) is 0.0625. The maximum Gasteiger partial charge on any atom is 0.0885 e.